The van der Waals surface area contributed by atoms with Crippen LogP contribution in [0.1, 0.15) is 35.5 Å². The van der Waals surface area contributed by atoms with E-state index >= 15 is 0 Å². The summed E-state index contributed by atoms with van der Waals surface area (Å²) in [6, 6.07) is 21.7. The van der Waals surface area contributed by atoms with E-state index < -0.39 is 35.1 Å². The van der Waals surface area contributed by atoms with Crippen LogP contribution in [0.25, 0.3) is 22.1 Å². The summed E-state index contributed by atoms with van der Waals surface area (Å²) in [6.45, 7) is 5.47. The van der Waals surface area contributed by atoms with Gasteiger partial charge in [-0.25, -0.2) is 4.79 Å². The number of aromatic nitrogens is 1. The molecule has 2 unspecified atom stereocenters. The highest BCUT2D eigenvalue weighted by Crippen LogP contribution is 2.34. The number of rotatable bonds is 11. The Bertz CT molecular complexity index is 1800. The predicted molar refractivity (Wildman–Crippen MR) is 167 cm³/mol. The molecule has 3 aromatic carbocycles. The van der Waals surface area contributed by atoms with E-state index in [1.807, 2.05) is 43.3 Å². The Hall–Kier alpha value is -5.00. The summed E-state index contributed by atoms with van der Waals surface area (Å²) in [5, 5.41) is 13.2. The van der Waals surface area contributed by atoms with Crippen LogP contribution in [0.4, 0.5) is 11.4 Å². The Balaban J connectivity index is 1.30. The molecule has 2 atom stereocenters. The number of aliphatic carboxylic acids is 1. The van der Waals surface area contributed by atoms with Crippen LogP contribution in [0, 0.1) is 12.8 Å². The molecule has 10 nitrogen and oxygen atoms in total. The molecule has 0 saturated carbocycles. The van der Waals surface area contributed by atoms with Crippen molar-refractivity contribution in [1.29, 1.82) is 0 Å². The van der Waals surface area contributed by atoms with Gasteiger partial charge in [0.1, 0.15) is 24.0 Å². The predicted octanol–water partition coefficient (Wildman–Crippen LogP) is 6.34. The lowest BCUT2D eigenvalue weighted by Crippen LogP contribution is -2.45. The third-order valence-corrected chi connectivity index (χ3v) is 7.92. The van der Waals surface area contributed by atoms with Gasteiger partial charge in [0.25, 0.3) is 5.91 Å². The number of benzene rings is 3. The average Bonchev–Trinajstić information content (AvgIpc) is 3.36. The molecule has 2 heterocycles. The number of aryl methyl sites for hydroxylation is 1. The van der Waals surface area contributed by atoms with Crippen molar-refractivity contribution in [3.8, 4) is 16.9 Å². The molecule has 0 aliphatic rings. The van der Waals surface area contributed by atoms with Crippen molar-refractivity contribution in [2.75, 3.05) is 9.62 Å². The van der Waals surface area contributed by atoms with E-state index in [1.54, 1.807) is 68.7 Å². The fraction of sp³-hybridized carbons (Fsp3) is 0.182. The SMILES string of the molecule is Cc1c(C(=O)Nc2ccc(-c3ccc(N(C(C(=O)O)C(C)C)S(=O)[O-])cc3)cc2)oc2cccc(OCc3ccncc3)c12. The van der Waals surface area contributed by atoms with Gasteiger partial charge in [-0.15, -0.1) is 0 Å². The second kappa shape index (κ2) is 13.1. The number of anilines is 2. The summed E-state index contributed by atoms with van der Waals surface area (Å²) in [5.41, 5.74) is 4.58. The summed E-state index contributed by atoms with van der Waals surface area (Å²) in [6.07, 6.45) is 3.40. The molecule has 0 fully saturated rings. The molecular formula is C33H30N3O7S-. The number of hydrogen-bond acceptors (Lipinski definition) is 7. The maximum absolute atomic E-state index is 13.2. The van der Waals surface area contributed by atoms with Gasteiger partial charge in [0, 0.05) is 40.6 Å². The van der Waals surface area contributed by atoms with Gasteiger partial charge in [0.05, 0.1) is 5.39 Å². The fourth-order valence-corrected chi connectivity index (χ4v) is 5.79. The third kappa shape index (κ3) is 6.48. The Morgan fingerprint density at radius 2 is 1.64 bits per heavy atom. The van der Waals surface area contributed by atoms with Crippen molar-refractivity contribution >= 4 is 45.5 Å². The topological polar surface area (TPSA) is 145 Å². The average molecular weight is 613 g/mol. The number of carbonyl (C=O) groups is 2. The minimum absolute atomic E-state index is 0.181. The van der Waals surface area contributed by atoms with Crippen molar-refractivity contribution in [2.24, 2.45) is 5.92 Å². The van der Waals surface area contributed by atoms with Crippen LogP contribution in [0.15, 0.2) is 95.7 Å². The summed E-state index contributed by atoms with van der Waals surface area (Å²) in [7, 11) is 0. The van der Waals surface area contributed by atoms with Gasteiger partial charge >= 0.3 is 5.97 Å². The van der Waals surface area contributed by atoms with E-state index in [4.69, 9.17) is 9.15 Å². The normalized spacial score (nSPS) is 12.6. The van der Waals surface area contributed by atoms with E-state index in [2.05, 4.69) is 10.3 Å². The highest BCUT2D eigenvalue weighted by molar-refractivity contribution is 7.80. The van der Waals surface area contributed by atoms with Crippen LogP contribution >= 0.6 is 0 Å². The van der Waals surface area contributed by atoms with Crippen LogP contribution < -0.4 is 14.4 Å². The maximum Gasteiger partial charge on any atom is 0.327 e. The van der Waals surface area contributed by atoms with Crippen LogP contribution in [0.3, 0.4) is 0 Å². The number of carboxylic acids is 1. The molecule has 44 heavy (non-hydrogen) atoms. The van der Waals surface area contributed by atoms with E-state index in [1.165, 1.54) is 0 Å². The molecular weight excluding hydrogens is 582 g/mol. The lowest BCUT2D eigenvalue weighted by Gasteiger charge is -2.34. The van der Waals surface area contributed by atoms with Gasteiger partial charge in [-0.3, -0.25) is 18.3 Å². The number of furan rings is 1. The zero-order valence-electron chi connectivity index (χ0n) is 24.2. The molecule has 226 valence electrons. The maximum atomic E-state index is 13.2. The summed E-state index contributed by atoms with van der Waals surface area (Å²) < 4.78 is 36.7. The van der Waals surface area contributed by atoms with Gasteiger partial charge in [-0.05, 0) is 78.1 Å². The molecule has 0 saturated heterocycles. The van der Waals surface area contributed by atoms with Crippen LogP contribution in [0.2, 0.25) is 0 Å². The van der Waals surface area contributed by atoms with Gasteiger partial charge < -0.3 is 24.1 Å². The molecule has 0 aliphatic heterocycles. The van der Waals surface area contributed by atoms with Crippen LogP contribution in [-0.2, 0) is 22.7 Å². The number of nitrogens with one attached hydrogen (secondary N) is 1. The fourth-order valence-electron chi connectivity index (χ4n) is 4.97. The number of carbonyl (C=O) groups excluding carboxylic acids is 1. The standard InChI is InChI=1S/C33H31N3O7S/c1-20(2)30(33(38)39)36(44(40)41)26-13-9-24(10-14-26)23-7-11-25(12-8-23)35-32(37)31-21(3)29-27(5-4-6-28(29)43-31)42-19-22-15-17-34-18-16-22/h4-18,20,30H,19H2,1-3H3,(H,35,37)(H,38,39)(H,40,41)/p-1. The second-order valence-corrected chi connectivity index (χ2v) is 11.3. The Morgan fingerprint density at radius 1 is 1.00 bits per heavy atom. The highest BCUT2D eigenvalue weighted by atomic mass is 32.2. The first-order valence-corrected chi connectivity index (χ1v) is 14.8. The van der Waals surface area contributed by atoms with E-state index in [-0.39, 0.29) is 11.4 Å². The monoisotopic (exact) mass is 612 g/mol. The summed E-state index contributed by atoms with van der Waals surface area (Å²) in [4.78, 5) is 29.0. The first-order valence-electron chi connectivity index (χ1n) is 13.8. The molecule has 2 N–H and O–H groups in total. The van der Waals surface area contributed by atoms with Gasteiger partial charge in [0.2, 0.25) is 0 Å². The van der Waals surface area contributed by atoms with E-state index in [9.17, 15) is 23.5 Å². The summed E-state index contributed by atoms with van der Waals surface area (Å²) >= 11 is -2.77. The number of hydrogen-bond donors (Lipinski definition) is 2. The van der Waals surface area contributed by atoms with Crippen LogP contribution in [-0.4, -0.2) is 36.8 Å². The van der Waals surface area contributed by atoms with Gasteiger partial charge in [0.15, 0.2) is 5.76 Å². The third-order valence-electron chi connectivity index (χ3n) is 7.16. The molecule has 5 rings (SSSR count). The number of fused-ring (bicyclic) bond motifs is 1. The molecule has 0 radical (unpaired) electrons. The Labute approximate surface area is 256 Å². The van der Waals surface area contributed by atoms with E-state index in [0.717, 1.165) is 26.4 Å². The molecule has 0 aliphatic carbocycles. The highest BCUT2D eigenvalue weighted by Gasteiger charge is 2.30. The molecule has 2 aromatic heterocycles. The molecule has 0 spiro atoms. The number of nitrogens with zero attached hydrogens (tertiary/aromatic N) is 2. The van der Waals surface area contributed by atoms with Crippen molar-refractivity contribution in [3.05, 3.63) is 108 Å². The van der Waals surface area contributed by atoms with Gasteiger partial charge in [-0.2, -0.15) is 0 Å². The Morgan fingerprint density at radius 3 is 2.23 bits per heavy atom. The second-order valence-electron chi connectivity index (χ2n) is 10.5. The van der Waals surface area contributed by atoms with Crippen LogP contribution in [0.5, 0.6) is 5.75 Å². The first-order chi connectivity index (χ1) is 21.1. The zero-order chi connectivity index (χ0) is 31.4. The quantitative estimate of drug-likeness (QED) is 0.164. The number of amides is 1. The van der Waals surface area contributed by atoms with Crippen molar-refractivity contribution in [1.82, 2.24) is 4.98 Å². The van der Waals surface area contributed by atoms with Crippen molar-refractivity contribution < 1.29 is 32.6 Å². The Kier molecular flexibility index (Phi) is 9.07. The van der Waals surface area contributed by atoms with Crippen molar-refractivity contribution in [3.63, 3.8) is 0 Å². The molecule has 1 amide bonds. The summed E-state index contributed by atoms with van der Waals surface area (Å²) in [5.74, 6) is -1.27. The lowest BCUT2D eigenvalue weighted by atomic mass is 10.0. The minimum atomic E-state index is -2.77. The molecule has 11 heteroatoms. The van der Waals surface area contributed by atoms with E-state index in [0.29, 0.717) is 29.2 Å². The number of pyridine rings is 1. The molecule has 5 aromatic rings. The minimum Gasteiger partial charge on any atom is -0.755 e. The molecule has 0 bridgehead atoms. The van der Waals surface area contributed by atoms with Crippen molar-refractivity contribution in [2.45, 2.75) is 33.4 Å². The van der Waals surface area contributed by atoms with Gasteiger partial charge in [-0.1, -0.05) is 44.2 Å². The lowest BCUT2D eigenvalue weighted by molar-refractivity contribution is -0.139. The number of ether oxygens (including phenoxy) is 1. The first kappa shape index (κ1) is 30.5. The largest absolute Gasteiger partial charge is 0.755 e. The number of carboxylic acid groups (broad SMARTS) is 1. The smallest absolute Gasteiger partial charge is 0.327 e. The zero-order valence-corrected chi connectivity index (χ0v) is 25.0.